The van der Waals surface area contributed by atoms with E-state index in [0.29, 0.717) is 30.0 Å². The maximum atomic E-state index is 12.2. The van der Waals surface area contributed by atoms with Crippen LogP contribution in [0.4, 0.5) is 4.79 Å². The van der Waals surface area contributed by atoms with E-state index in [1.54, 1.807) is 4.90 Å². The monoisotopic (exact) mass is 324 g/mol. The molecule has 2 aliphatic rings. The zero-order valence-corrected chi connectivity index (χ0v) is 16.2. The molecule has 23 heavy (non-hydrogen) atoms. The molecule has 4 nitrogen and oxygen atoms in total. The molecule has 2 fully saturated rings. The third-order valence-electron chi connectivity index (χ3n) is 6.03. The summed E-state index contributed by atoms with van der Waals surface area (Å²) in [7, 11) is 0. The van der Waals surface area contributed by atoms with Gasteiger partial charge in [0.25, 0.3) is 0 Å². The van der Waals surface area contributed by atoms with Gasteiger partial charge in [-0.05, 0) is 63.7 Å². The number of fused-ring (bicyclic) bond motifs is 2. The maximum Gasteiger partial charge on any atom is 0.410 e. The second kappa shape index (κ2) is 6.27. The second-order valence-corrected chi connectivity index (χ2v) is 9.36. The predicted octanol–water partition coefficient (Wildman–Crippen LogP) is 4.05. The first-order chi connectivity index (χ1) is 10.5. The third-order valence-corrected chi connectivity index (χ3v) is 6.03. The molecule has 0 radical (unpaired) electrons. The topological polar surface area (TPSA) is 41.6 Å². The van der Waals surface area contributed by atoms with Crippen LogP contribution in [0.3, 0.4) is 0 Å². The molecule has 4 heteroatoms. The van der Waals surface area contributed by atoms with Crippen LogP contribution < -0.4 is 5.32 Å². The molecule has 2 saturated carbocycles. The van der Waals surface area contributed by atoms with Gasteiger partial charge in [-0.2, -0.15) is 0 Å². The Morgan fingerprint density at radius 1 is 1.30 bits per heavy atom. The Morgan fingerprint density at radius 3 is 2.43 bits per heavy atom. The van der Waals surface area contributed by atoms with Gasteiger partial charge in [-0.15, -0.1) is 0 Å². The summed E-state index contributed by atoms with van der Waals surface area (Å²) >= 11 is 0. The van der Waals surface area contributed by atoms with Crippen molar-refractivity contribution in [1.82, 2.24) is 10.2 Å². The highest BCUT2D eigenvalue weighted by Gasteiger charge is 2.58. The molecule has 0 heterocycles. The summed E-state index contributed by atoms with van der Waals surface area (Å²) < 4.78 is 5.48. The highest BCUT2D eigenvalue weighted by atomic mass is 16.6. The molecule has 0 aromatic heterocycles. The van der Waals surface area contributed by atoms with E-state index < -0.39 is 5.60 Å². The van der Waals surface area contributed by atoms with Crippen molar-refractivity contribution in [2.45, 2.75) is 79.4 Å². The second-order valence-electron chi connectivity index (χ2n) is 9.36. The normalized spacial score (nSPS) is 32.1. The van der Waals surface area contributed by atoms with Gasteiger partial charge in [0.1, 0.15) is 5.60 Å². The summed E-state index contributed by atoms with van der Waals surface area (Å²) in [4.78, 5) is 14.0. The Kier molecular flexibility index (Phi) is 5.06. The Bertz CT molecular complexity index is 436. The largest absolute Gasteiger partial charge is 0.444 e. The van der Waals surface area contributed by atoms with Crippen LogP contribution in [0.15, 0.2) is 0 Å². The molecular formula is C19H36N2O2. The van der Waals surface area contributed by atoms with Gasteiger partial charge in [0.05, 0.1) is 0 Å². The number of ether oxygens (including phenoxy) is 1. The average molecular weight is 325 g/mol. The number of hydrogen-bond acceptors (Lipinski definition) is 3. The average Bonchev–Trinajstić information content (AvgIpc) is 2.86. The fraction of sp³-hybridized carbons (Fsp3) is 0.947. The Labute approximate surface area is 142 Å². The molecule has 0 aromatic carbocycles. The fourth-order valence-corrected chi connectivity index (χ4v) is 4.86. The van der Waals surface area contributed by atoms with E-state index in [1.165, 1.54) is 19.3 Å². The Morgan fingerprint density at radius 2 is 1.96 bits per heavy atom. The van der Waals surface area contributed by atoms with Gasteiger partial charge in [0.2, 0.25) is 0 Å². The van der Waals surface area contributed by atoms with Crippen LogP contribution in [0.5, 0.6) is 0 Å². The van der Waals surface area contributed by atoms with Gasteiger partial charge in [0.15, 0.2) is 0 Å². The number of nitrogens with zero attached hydrogens (tertiary/aromatic N) is 1. The van der Waals surface area contributed by atoms with Crippen LogP contribution in [0, 0.1) is 16.7 Å². The van der Waals surface area contributed by atoms with Crippen molar-refractivity contribution >= 4 is 6.09 Å². The van der Waals surface area contributed by atoms with Gasteiger partial charge < -0.3 is 15.0 Å². The van der Waals surface area contributed by atoms with E-state index >= 15 is 0 Å². The summed E-state index contributed by atoms with van der Waals surface area (Å²) in [6.45, 7) is 17.2. The van der Waals surface area contributed by atoms with E-state index in [1.807, 2.05) is 27.7 Å². The first kappa shape index (κ1) is 18.6. The van der Waals surface area contributed by atoms with Crippen molar-refractivity contribution in [3.05, 3.63) is 0 Å². The Balaban J connectivity index is 1.87. The molecule has 1 N–H and O–H groups in total. The molecule has 1 amide bonds. The highest BCUT2D eigenvalue weighted by molar-refractivity contribution is 5.68. The van der Waals surface area contributed by atoms with Crippen molar-refractivity contribution in [3.8, 4) is 0 Å². The van der Waals surface area contributed by atoms with E-state index in [9.17, 15) is 4.79 Å². The third kappa shape index (κ3) is 3.84. The van der Waals surface area contributed by atoms with Crippen molar-refractivity contribution in [3.63, 3.8) is 0 Å². The van der Waals surface area contributed by atoms with Gasteiger partial charge in [0, 0.05) is 25.7 Å². The molecular weight excluding hydrogens is 288 g/mol. The predicted molar refractivity (Wildman–Crippen MR) is 94.5 cm³/mol. The van der Waals surface area contributed by atoms with Crippen LogP contribution in [0.2, 0.25) is 0 Å². The minimum absolute atomic E-state index is 0.208. The van der Waals surface area contributed by atoms with Gasteiger partial charge in [-0.25, -0.2) is 4.79 Å². The molecule has 3 atom stereocenters. The van der Waals surface area contributed by atoms with Gasteiger partial charge in [-0.3, -0.25) is 0 Å². The van der Waals surface area contributed by atoms with Gasteiger partial charge in [-0.1, -0.05) is 20.8 Å². The van der Waals surface area contributed by atoms with E-state index in [-0.39, 0.29) is 6.09 Å². The lowest BCUT2D eigenvalue weighted by molar-refractivity contribution is 0.0252. The van der Waals surface area contributed by atoms with Crippen molar-refractivity contribution in [1.29, 1.82) is 0 Å². The SMILES string of the molecule is CCN(CCNC1C(C)(C)[C@H]2CC[C@]1(C)C2)C(=O)OC(C)(C)C. The lowest BCUT2D eigenvalue weighted by Gasteiger charge is -2.43. The van der Waals surface area contributed by atoms with Crippen molar-refractivity contribution in [2.24, 2.45) is 16.7 Å². The molecule has 2 aliphatic carbocycles. The van der Waals surface area contributed by atoms with Crippen LogP contribution in [-0.4, -0.2) is 42.3 Å². The Hall–Kier alpha value is -0.770. The van der Waals surface area contributed by atoms with Crippen LogP contribution >= 0.6 is 0 Å². The van der Waals surface area contributed by atoms with E-state index in [4.69, 9.17) is 4.74 Å². The lowest BCUT2D eigenvalue weighted by atomic mass is 9.68. The lowest BCUT2D eigenvalue weighted by Crippen LogP contribution is -2.52. The zero-order chi connectivity index (χ0) is 17.5. The molecule has 1 unspecified atom stereocenters. The number of carbonyl (C=O) groups excluding carboxylic acids is 1. The molecule has 0 spiro atoms. The number of carbonyl (C=O) groups is 1. The number of rotatable bonds is 5. The minimum Gasteiger partial charge on any atom is -0.444 e. The first-order valence-corrected chi connectivity index (χ1v) is 9.21. The van der Waals surface area contributed by atoms with Gasteiger partial charge >= 0.3 is 6.09 Å². The van der Waals surface area contributed by atoms with Crippen LogP contribution in [0.1, 0.15) is 67.7 Å². The zero-order valence-electron chi connectivity index (χ0n) is 16.2. The van der Waals surface area contributed by atoms with Crippen molar-refractivity contribution in [2.75, 3.05) is 19.6 Å². The summed E-state index contributed by atoms with van der Waals surface area (Å²) in [5.74, 6) is 0.845. The fourth-order valence-electron chi connectivity index (χ4n) is 4.86. The quantitative estimate of drug-likeness (QED) is 0.829. The molecule has 0 saturated heterocycles. The minimum atomic E-state index is -0.433. The number of likely N-dealkylation sites (N-methyl/N-ethyl adjacent to an activating group) is 1. The van der Waals surface area contributed by atoms with Crippen LogP contribution in [0.25, 0.3) is 0 Å². The molecule has 0 aliphatic heterocycles. The number of amides is 1. The van der Waals surface area contributed by atoms with Crippen LogP contribution in [-0.2, 0) is 4.74 Å². The summed E-state index contributed by atoms with van der Waals surface area (Å²) in [5.41, 5.74) is 0.352. The number of nitrogens with one attached hydrogen (secondary N) is 1. The highest BCUT2D eigenvalue weighted by Crippen LogP contribution is 2.62. The smallest absolute Gasteiger partial charge is 0.410 e. The molecule has 2 rings (SSSR count). The maximum absolute atomic E-state index is 12.2. The van der Waals surface area contributed by atoms with E-state index in [0.717, 1.165) is 12.5 Å². The van der Waals surface area contributed by atoms with E-state index in [2.05, 4.69) is 26.1 Å². The first-order valence-electron chi connectivity index (χ1n) is 9.21. The molecule has 0 aromatic rings. The summed E-state index contributed by atoms with van der Waals surface area (Å²) in [6, 6.07) is 0.547. The summed E-state index contributed by atoms with van der Waals surface area (Å²) in [5, 5.41) is 3.78. The summed E-state index contributed by atoms with van der Waals surface area (Å²) in [6.07, 6.45) is 3.85. The molecule has 2 bridgehead atoms. The standard InChI is InChI=1S/C19H36N2O2/c1-8-21(16(22)23-17(2,3)4)12-11-20-15-18(5,6)14-9-10-19(15,7)13-14/h14-15,20H,8-13H2,1-7H3/t14-,15?,19+/m0/s1. The van der Waals surface area contributed by atoms with Crippen molar-refractivity contribution < 1.29 is 9.53 Å². The molecule has 134 valence electrons. The number of hydrogen-bond donors (Lipinski definition) is 1.